The molecule has 0 spiro atoms. The molecule has 3 rings (SSSR count). The quantitative estimate of drug-likeness (QED) is 0.623. The van der Waals surface area contributed by atoms with E-state index in [0.717, 1.165) is 0 Å². The fourth-order valence-corrected chi connectivity index (χ4v) is 2.58. The molecule has 2 amide bonds. The highest BCUT2D eigenvalue weighted by molar-refractivity contribution is 6.34. The van der Waals surface area contributed by atoms with Crippen LogP contribution >= 0.6 is 23.2 Å². The van der Waals surface area contributed by atoms with Gasteiger partial charge in [0.1, 0.15) is 0 Å². The normalized spacial score (nSPS) is 10.2. The monoisotopic (exact) mass is 384 g/mol. The van der Waals surface area contributed by atoms with Gasteiger partial charge in [0.05, 0.1) is 10.7 Å². The topological polar surface area (TPSA) is 58.2 Å². The van der Waals surface area contributed by atoms with Crippen molar-refractivity contribution in [3.05, 3.63) is 94.0 Å². The summed E-state index contributed by atoms with van der Waals surface area (Å²) in [5, 5.41) is 6.55. The van der Waals surface area contributed by atoms with Crippen LogP contribution in [0.25, 0.3) is 0 Å². The Morgan fingerprint density at radius 3 is 1.77 bits per heavy atom. The smallest absolute Gasteiger partial charge is 0.255 e. The second-order valence-electron chi connectivity index (χ2n) is 5.47. The molecule has 0 radical (unpaired) electrons. The molecule has 2 N–H and O–H groups in total. The van der Waals surface area contributed by atoms with Crippen LogP contribution in [0.2, 0.25) is 10.0 Å². The molecule has 0 saturated heterocycles. The minimum absolute atomic E-state index is 0.273. The number of anilines is 2. The molecule has 0 bridgehead atoms. The summed E-state index contributed by atoms with van der Waals surface area (Å²) < 4.78 is 0. The first-order chi connectivity index (χ1) is 12.5. The van der Waals surface area contributed by atoms with Crippen LogP contribution in [0.1, 0.15) is 20.7 Å². The first-order valence-electron chi connectivity index (χ1n) is 7.76. The molecule has 0 fully saturated rings. The molecule has 0 aliphatic carbocycles. The molecule has 0 aliphatic heterocycles. The van der Waals surface area contributed by atoms with Gasteiger partial charge in [0, 0.05) is 21.8 Å². The molecular formula is C20H14Cl2N2O2. The Bertz CT molecular complexity index is 939. The number of hydrogen-bond acceptors (Lipinski definition) is 2. The first-order valence-corrected chi connectivity index (χ1v) is 8.51. The molecule has 3 aromatic rings. The van der Waals surface area contributed by atoms with E-state index in [2.05, 4.69) is 10.6 Å². The van der Waals surface area contributed by atoms with Crippen LogP contribution in [0.3, 0.4) is 0 Å². The Kier molecular flexibility index (Phi) is 5.56. The fraction of sp³-hybridized carbons (Fsp3) is 0. The summed E-state index contributed by atoms with van der Waals surface area (Å²) in [5.41, 5.74) is 2.03. The summed E-state index contributed by atoms with van der Waals surface area (Å²) in [6, 6.07) is 20.1. The van der Waals surface area contributed by atoms with Crippen molar-refractivity contribution in [1.29, 1.82) is 0 Å². The van der Waals surface area contributed by atoms with E-state index in [0.29, 0.717) is 32.5 Å². The molecule has 0 atom stereocenters. The number of amides is 2. The molecule has 130 valence electrons. The van der Waals surface area contributed by atoms with Gasteiger partial charge < -0.3 is 10.6 Å². The van der Waals surface area contributed by atoms with Gasteiger partial charge in [-0.3, -0.25) is 9.59 Å². The number of hydrogen-bond donors (Lipinski definition) is 2. The van der Waals surface area contributed by atoms with Gasteiger partial charge in [-0.05, 0) is 60.7 Å². The summed E-state index contributed by atoms with van der Waals surface area (Å²) in [6.45, 7) is 0. The first kappa shape index (κ1) is 18.0. The van der Waals surface area contributed by atoms with Crippen LogP contribution in [-0.4, -0.2) is 11.8 Å². The maximum Gasteiger partial charge on any atom is 0.255 e. The number of nitrogens with one attached hydrogen (secondary N) is 2. The second-order valence-corrected chi connectivity index (χ2v) is 6.32. The summed E-state index contributed by atoms with van der Waals surface area (Å²) in [6.07, 6.45) is 0. The van der Waals surface area contributed by atoms with Gasteiger partial charge in [-0.25, -0.2) is 0 Å². The van der Waals surface area contributed by atoms with E-state index in [-0.39, 0.29) is 11.8 Å². The molecule has 4 nitrogen and oxygen atoms in total. The van der Waals surface area contributed by atoms with Gasteiger partial charge >= 0.3 is 0 Å². The average molecular weight is 385 g/mol. The third-order valence-corrected chi connectivity index (χ3v) is 4.21. The summed E-state index contributed by atoms with van der Waals surface area (Å²) in [4.78, 5) is 24.5. The lowest BCUT2D eigenvalue weighted by Crippen LogP contribution is -2.14. The highest BCUT2D eigenvalue weighted by atomic mass is 35.5. The molecule has 0 aliphatic rings. The average Bonchev–Trinajstić information content (AvgIpc) is 2.65. The van der Waals surface area contributed by atoms with E-state index < -0.39 is 0 Å². The maximum absolute atomic E-state index is 12.3. The van der Waals surface area contributed by atoms with Crippen molar-refractivity contribution in [2.75, 3.05) is 10.6 Å². The second kappa shape index (κ2) is 8.04. The van der Waals surface area contributed by atoms with Crippen LogP contribution in [0.15, 0.2) is 72.8 Å². The van der Waals surface area contributed by atoms with Crippen LogP contribution in [-0.2, 0) is 0 Å². The summed E-state index contributed by atoms with van der Waals surface area (Å²) >= 11 is 11.9. The zero-order chi connectivity index (χ0) is 18.5. The SMILES string of the molecule is O=C(Nc1ccc(Cl)cc1)c1ccc(C(=O)Nc2ccccc2Cl)cc1. The van der Waals surface area contributed by atoms with Gasteiger partial charge in [0.2, 0.25) is 0 Å². The largest absolute Gasteiger partial charge is 0.322 e. The Labute approximate surface area is 160 Å². The number of rotatable bonds is 4. The minimum Gasteiger partial charge on any atom is -0.322 e. The van der Waals surface area contributed by atoms with Crippen LogP contribution in [0.4, 0.5) is 11.4 Å². The van der Waals surface area contributed by atoms with Crippen molar-refractivity contribution < 1.29 is 9.59 Å². The Morgan fingerprint density at radius 2 is 1.19 bits per heavy atom. The van der Waals surface area contributed by atoms with E-state index >= 15 is 0 Å². The Balaban J connectivity index is 1.67. The van der Waals surface area contributed by atoms with Gasteiger partial charge in [0.15, 0.2) is 0 Å². The number of carbonyl (C=O) groups is 2. The Hall–Kier alpha value is -2.82. The lowest BCUT2D eigenvalue weighted by atomic mass is 10.1. The molecule has 26 heavy (non-hydrogen) atoms. The van der Waals surface area contributed by atoms with Crippen molar-refractivity contribution in [3.8, 4) is 0 Å². The number of para-hydroxylation sites is 1. The summed E-state index contributed by atoms with van der Waals surface area (Å²) in [5.74, 6) is -0.576. The predicted octanol–water partition coefficient (Wildman–Crippen LogP) is 5.50. The van der Waals surface area contributed by atoms with Gasteiger partial charge in [0.25, 0.3) is 11.8 Å². The Morgan fingerprint density at radius 1 is 0.654 bits per heavy atom. The van der Waals surface area contributed by atoms with Crippen LogP contribution in [0.5, 0.6) is 0 Å². The molecule has 0 aromatic heterocycles. The fourth-order valence-electron chi connectivity index (χ4n) is 2.27. The van der Waals surface area contributed by atoms with E-state index in [4.69, 9.17) is 23.2 Å². The predicted molar refractivity (Wildman–Crippen MR) is 105 cm³/mol. The van der Waals surface area contributed by atoms with E-state index in [1.165, 1.54) is 0 Å². The number of halogens is 2. The molecule has 0 unspecified atom stereocenters. The van der Waals surface area contributed by atoms with Crippen molar-refractivity contribution in [2.45, 2.75) is 0 Å². The highest BCUT2D eigenvalue weighted by Gasteiger charge is 2.11. The van der Waals surface area contributed by atoms with Crippen molar-refractivity contribution in [2.24, 2.45) is 0 Å². The lowest BCUT2D eigenvalue weighted by molar-refractivity contribution is 0.101. The zero-order valence-corrected chi connectivity index (χ0v) is 15.0. The third-order valence-electron chi connectivity index (χ3n) is 3.63. The zero-order valence-electron chi connectivity index (χ0n) is 13.5. The molecular weight excluding hydrogens is 371 g/mol. The van der Waals surface area contributed by atoms with Crippen molar-refractivity contribution in [1.82, 2.24) is 0 Å². The van der Waals surface area contributed by atoms with Gasteiger partial charge in [-0.15, -0.1) is 0 Å². The van der Waals surface area contributed by atoms with Crippen molar-refractivity contribution in [3.63, 3.8) is 0 Å². The van der Waals surface area contributed by atoms with Gasteiger partial charge in [-0.1, -0.05) is 35.3 Å². The third kappa shape index (κ3) is 4.42. The molecule has 3 aromatic carbocycles. The maximum atomic E-state index is 12.3. The van der Waals surface area contributed by atoms with Crippen molar-refractivity contribution >= 4 is 46.4 Å². The van der Waals surface area contributed by atoms with E-state index in [9.17, 15) is 9.59 Å². The number of benzene rings is 3. The van der Waals surface area contributed by atoms with E-state index in [1.54, 1.807) is 72.8 Å². The standard InChI is InChI=1S/C20H14Cl2N2O2/c21-15-9-11-16(12-10-15)23-19(25)13-5-7-14(8-6-13)20(26)24-18-4-2-1-3-17(18)22/h1-12H,(H,23,25)(H,24,26). The summed E-state index contributed by atoms with van der Waals surface area (Å²) in [7, 11) is 0. The molecule has 0 heterocycles. The lowest BCUT2D eigenvalue weighted by Gasteiger charge is -2.08. The van der Waals surface area contributed by atoms with Crippen LogP contribution in [0, 0.1) is 0 Å². The molecule has 6 heteroatoms. The minimum atomic E-state index is -0.303. The molecule has 0 saturated carbocycles. The number of carbonyl (C=O) groups excluding carboxylic acids is 2. The highest BCUT2D eigenvalue weighted by Crippen LogP contribution is 2.21. The van der Waals surface area contributed by atoms with E-state index in [1.807, 2.05) is 0 Å². The van der Waals surface area contributed by atoms with Gasteiger partial charge in [-0.2, -0.15) is 0 Å². The van der Waals surface area contributed by atoms with Crippen LogP contribution < -0.4 is 10.6 Å².